The molecular weight excluding hydrogens is 769 g/mol. The minimum absolute atomic E-state index is 0.291. The number of benzene rings is 4. The van der Waals surface area contributed by atoms with Gasteiger partial charge in [-0.1, -0.05) is 24.3 Å². The molecule has 0 aliphatic carbocycles. The molecule has 0 radical (unpaired) electrons. The molecule has 0 aromatic heterocycles. The minimum Gasteiger partial charge on any atom is -0.493 e. The first-order chi connectivity index (χ1) is 29.0. The zero-order valence-electron chi connectivity index (χ0n) is 35.1. The van der Waals surface area contributed by atoms with Crippen LogP contribution in [0.5, 0.6) is 34.5 Å². The summed E-state index contributed by atoms with van der Waals surface area (Å²) in [6.07, 6.45) is 4.64. The second kappa shape index (κ2) is 23.2. The van der Waals surface area contributed by atoms with Crippen LogP contribution >= 0.6 is 0 Å². The van der Waals surface area contributed by atoms with Crippen LogP contribution in [0.2, 0.25) is 0 Å². The van der Waals surface area contributed by atoms with Crippen molar-refractivity contribution in [3.63, 3.8) is 0 Å². The highest BCUT2D eigenvalue weighted by atomic mass is 16.5. The molecule has 0 saturated heterocycles. The molecule has 0 fully saturated rings. The fraction of sp³-hybridized carbons (Fsp3) is 0.391. The van der Waals surface area contributed by atoms with E-state index in [-0.39, 0.29) is 0 Å². The zero-order valence-corrected chi connectivity index (χ0v) is 35.1. The number of hydrogen-bond donors (Lipinski definition) is 2. The second-order valence-corrected chi connectivity index (χ2v) is 14.1. The van der Waals surface area contributed by atoms with Crippen LogP contribution in [0.1, 0.15) is 58.3 Å². The second-order valence-electron chi connectivity index (χ2n) is 14.1. The molecule has 2 atom stereocenters. The van der Waals surface area contributed by atoms with Gasteiger partial charge >= 0.3 is 11.9 Å². The number of nitriles is 2. The third-order valence-electron chi connectivity index (χ3n) is 10.4. The highest BCUT2D eigenvalue weighted by Gasteiger charge is 2.28. The number of ether oxygens (including phenoxy) is 6. The quantitative estimate of drug-likeness (QED) is 0.101. The molecule has 6 rings (SSSR count). The van der Waals surface area contributed by atoms with E-state index in [1.54, 1.807) is 28.4 Å². The van der Waals surface area contributed by atoms with Crippen LogP contribution < -0.4 is 28.4 Å². The van der Waals surface area contributed by atoms with Crippen LogP contribution in [0.4, 0.5) is 0 Å². The Balaban J connectivity index is 0.000000233. The Morgan fingerprint density at radius 1 is 0.600 bits per heavy atom. The maximum absolute atomic E-state index is 9.10. The maximum Gasteiger partial charge on any atom is 0.414 e. The van der Waals surface area contributed by atoms with Gasteiger partial charge in [0, 0.05) is 25.2 Å². The lowest BCUT2D eigenvalue weighted by Gasteiger charge is -2.35. The van der Waals surface area contributed by atoms with Crippen LogP contribution in [0.3, 0.4) is 0 Å². The van der Waals surface area contributed by atoms with Crippen molar-refractivity contribution in [2.24, 2.45) is 0 Å². The molecule has 2 N–H and O–H groups in total. The number of nitrogens with zero attached hydrogens (tertiary/aromatic N) is 4. The van der Waals surface area contributed by atoms with Crippen molar-refractivity contribution in [2.45, 2.75) is 50.6 Å². The smallest absolute Gasteiger partial charge is 0.414 e. The summed E-state index contributed by atoms with van der Waals surface area (Å²) >= 11 is 0. The number of carboxylic acids is 2. The molecule has 0 spiro atoms. The van der Waals surface area contributed by atoms with E-state index in [9.17, 15) is 0 Å². The van der Waals surface area contributed by atoms with Gasteiger partial charge in [-0.3, -0.25) is 9.80 Å². The maximum atomic E-state index is 9.10. The average molecular weight is 823 g/mol. The summed E-state index contributed by atoms with van der Waals surface area (Å²) in [7, 11) is 11.1. The number of carboxylic acid groups (broad SMARTS) is 2. The Morgan fingerprint density at radius 2 is 0.933 bits per heavy atom. The van der Waals surface area contributed by atoms with Crippen molar-refractivity contribution in [3.8, 4) is 46.6 Å². The van der Waals surface area contributed by atoms with E-state index in [1.165, 1.54) is 33.4 Å². The van der Waals surface area contributed by atoms with Gasteiger partial charge in [-0.15, -0.1) is 0 Å². The lowest BCUT2D eigenvalue weighted by Crippen LogP contribution is -2.33. The highest BCUT2D eigenvalue weighted by Crippen LogP contribution is 2.40. The van der Waals surface area contributed by atoms with E-state index in [0.717, 1.165) is 73.3 Å². The Hall–Kier alpha value is -6.48. The Bertz CT molecular complexity index is 1960. The molecule has 2 heterocycles. The summed E-state index contributed by atoms with van der Waals surface area (Å²) in [6, 6.07) is 29.5. The van der Waals surface area contributed by atoms with Gasteiger partial charge in [0.15, 0.2) is 23.0 Å². The summed E-state index contributed by atoms with van der Waals surface area (Å²) < 4.78 is 33.1. The number of rotatable bonds is 14. The third-order valence-corrected chi connectivity index (χ3v) is 10.4. The van der Waals surface area contributed by atoms with Crippen molar-refractivity contribution >= 4 is 11.9 Å². The Labute approximate surface area is 352 Å². The lowest BCUT2D eigenvalue weighted by atomic mass is 9.88. The van der Waals surface area contributed by atoms with Crippen molar-refractivity contribution < 1.29 is 48.2 Å². The Kier molecular flexibility index (Phi) is 17.9. The number of likely N-dealkylation sites (N-methyl/N-ethyl adjacent to an activating group) is 2. The van der Waals surface area contributed by atoms with E-state index in [4.69, 9.17) is 58.7 Å². The summed E-state index contributed by atoms with van der Waals surface area (Å²) in [5, 5.41) is 32.0. The topological polar surface area (TPSA) is 184 Å². The number of hydrogen-bond acceptors (Lipinski definition) is 12. The summed E-state index contributed by atoms with van der Waals surface area (Å²) in [4.78, 5) is 23.0. The van der Waals surface area contributed by atoms with E-state index < -0.39 is 11.9 Å². The van der Waals surface area contributed by atoms with E-state index in [2.05, 4.69) is 84.6 Å². The van der Waals surface area contributed by atoms with Crippen LogP contribution in [-0.2, 0) is 35.3 Å². The van der Waals surface area contributed by atoms with Crippen molar-refractivity contribution in [1.29, 1.82) is 10.5 Å². The molecule has 0 amide bonds. The van der Waals surface area contributed by atoms with E-state index in [1.807, 2.05) is 24.3 Å². The number of aliphatic carboxylic acids is 2. The number of fused-ring (bicyclic) bond motifs is 2. The molecule has 14 heteroatoms. The van der Waals surface area contributed by atoms with Crippen molar-refractivity contribution in [2.75, 3.05) is 68.8 Å². The van der Waals surface area contributed by atoms with Gasteiger partial charge in [0.1, 0.15) is 24.7 Å². The van der Waals surface area contributed by atoms with Gasteiger partial charge in [0.2, 0.25) is 0 Å². The standard InChI is InChI=1S/2C22H26N2O3.C2H2O4/c2*1-24-11-9-17-14-21(25-2)22(26-3)15-19(17)20(24)13-16-5-7-18(8-6-16)27-12-4-10-23;3-1(4)2(5)6/h2*5-8,14-15,20H,4,9,11-13H2,1-3H3;(H,3,4)(H,5,6). The minimum atomic E-state index is -1.82. The molecule has 4 aromatic carbocycles. The fourth-order valence-electron chi connectivity index (χ4n) is 7.16. The number of carbonyl (C=O) groups is 2. The first-order valence-electron chi connectivity index (χ1n) is 19.5. The summed E-state index contributed by atoms with van der Waals surface area (Å²) in [5.41, 5.74) is 7.76. The van der Waals surface area contributed by atoms with Gasteiger partial charge in [0.05, 0.1) is 53.4 Å². The molecule has 2 aliphatic heterocycles. The first-order valence-corrected chi connectivity index (χ1v) is 19.5. The molecule has 0 bridgehead atoms. The van der Waals surface area contributed by atoms with Crippen LogP contribution in [0, 0.1) is 22.7 Å². The van der Waals surface area contributed by atoms with Gasteiger partial charge in [-0.2, -0.15) is 10.5 Å². The third kappa shape index (κ3) is 12.8. The predicted molar refractivity (Wildman–Crippen MR) is 224 cm³/mol. The molecule has 2 aliphatic rings. The Morgan fingerprint density at radius 3 is 1.23 bits per heavy atom. The largest absolute Gasteiger partial charge is 0.493 e. The van der Waals surface area contributed by atoms with Gasteiger partial charge < -0.3 is 38.6 Å². The van der Waals surface area contributed by atoms with Crippen molar-refractivity contribution in [1.82, 2.24) is 9.80 Å². The molecule has 318 valence electrons. The average Bonchev–Trinajstić information content (AvgIpc) is 3.26. The van der Waals surface area contributed by atoms with E-state index in [0.29, 0.717) is 38.1 Å². The van der Waals surface area contributed by atoms with Gasteiger partial charge in [-0.25, -0.2) is 9.59 Å². The molecule has 4 aromatic rings. The molecular formula is C46H54N4O10. The first kappa shape index (κ1) is 46.2. The molecule has 0 saturated carbocycles. The van der Waals surface area contributed by atoms with Gasteiger partial charge in [0.25, 0.3) is 0 Å². The zero-order chi connectivity index (χ0) is 43.6. The highest BCUT2D eigenvalue weighted by molar-refractivity contribution is 6.27. The van der Waals surface area contributed by atoms with Crippen LogP contribution in [-0.4, -0.2) is 101 Å². The van der Waals surface area contributed by atoms with Crippen LogP contribution in [0.25, 0.3) is 0 Å². The molecule has 2 unspecified atom stereocenters. The molecule has 60 heavy (non-hydrogen) atoms. The van der Waals surface area contributed by atoms with Crippen molar-refractivity contribution in [3.05, 3.63) is 106 Å². The van der Waals surface area contributed by atoms with Gasteiger partial charge in [-0.05, 0) is 122 Å². The molecule has 14 nitrogen and oxygen atoms in total. The number of methoxy groups -OCH3 is 4. The monoisotopic (exact) mass is 822 g/mol. The summed E-state index contributed by atoms with van der Waals surface area (Å²) in [5.74, 6) is 1.09. The lowest BCUT2D eigenvalue weighted by molar-refractivity contribution is -0.159. The fourth-order valence-corrected chi connectivity index (χ4v) is 7.16. The van der Waals surface area contributed by atoms with Crippen LogP contribution in [0.15, 0.2) is 72.8 Å². The summed E-state index contributed by atoms with van der Waals surface area (Å²) in [6.45, 7) is 2.89. The van der Waals surface area contributed by atoms with E-state index >= 15 is 0 Å². The SMILES string of the molecule is COc1cc2c(cc1OC)C(Cc1ccc(OCCC#N)cc1)N(C)CC2.COc1cc2c(cc1OC)C(Cc1ccc(OCCC#N)cc1)N(C)CC2.O=C(O)C(=O)O. The predicted octanol–water partition coefficient (Wildman–Crippen LogP) is 6.69. The normalized spacial score (nSPS) is 15.4.